The molecule has 0 spiro atoms. The van der Waals surface area contributed by atoms with Crippen LogP contribution in [0.4, 0.5) is 4.39 Å². The monoisotopic (exact) mass is 225 g/mol. The number of hydrogen-bond donors (Lipinski definition) is 2. The molecule has 0 aliphatic carbocycles. The fourth-order valence-corrected chi connectivity index (χ4v) is 2.11. The maximum atomic E-state index is 13.6. The van der Waals surface area contributed by atoms with Gasteiger partial charge >= 0.3 is 0 Å². The van der Waals surface area contributed by atoms with E-state index in [4.69, 9.17) is 4.74 Å². The Bertz CT molecular complexity index is 375. The van der Waals surface area contributed by atoms with Crippen LogP contribution in [0.1, 0.15) is 12.0 Å². The van der Waals surface area contributed by atoms with Gasteiger partial charge in [0, 0.05) is 18.5 Å². The van der Waals surface area contributed by atoms with Crippen LogP contribution in [0.5, 0.6) is 5.75 Å². The fraction of sp³-hybridized carbons (Fsp3) is 0.500. The van der Waals surface area contributed by atoms with Crippen LogP contribution in [0.3, 0.4) is 0 Å². The summed E-state index contributed by atoms with van der Waals surface area (Å²) in [5.41, 5.74) is -0.397. The van der Waals surface area contributed by atoms with E-state index in [2.05, 4.69) is 5.32 Å². The summed E-state index contributed by atoms with van der Waals surface area (Å²) in [4.78, 5) is 0. The molecule has 1 atom stereocenters. The van der Waals surface area contributed by atoms with Gasteiger partial charge in [0.05, 0.1) is 12.7 Å². The quantitative estimate of drug-likeness (QED) is 0.809. The molecule has 1 heterocycles. The normalized spacial score (nSPS) is 24.7. The second-order valence-corrected chi connectivity index (χ2v) is 4.25. The molecule has 1 aromatic rings. The maximum Gasteiger partial charge on any atom is 0.130 e. The van der Waals surface area contributed by atoms with Gasteiger partial charge in [-0.05, 0) is 25.1 Å². The molecule has 0 saturated carbocycles. The van der Waals surface area contributed by atoms with Crippen LogP contribution >= 0.6 is 0 Å². The van der Waals surface area contributed by atoms with Gasteiger partial charge in [-0.25, -0.2) is 4.39 Å². The lowest BCUT2D eigenvalue weighted by molar-refractivity contribution is 0.0603. The number of rotatable bonds is 3. The van der Waals surface area contributed by atoms with Crippen molar-refractivity contribution in [1.82, 2.24) is 5.32 Å². The maximum absolute atomic E-state index is 13.6. The number of halogens is 1. The zero-order valence-electron chi connectivity index (χ0n) is 9.29. The lowest BCUT2D eigenvalue weighted by Crippen LogP contribution is -2.34. The SMILES string of the molecule is COc1cccc(F)c1CC1(O)CCNC1. The number of methoxy groups -OCH3 is 1. The van der Waals surface area contributed by atoms with Crippen molar-refractivity contribution < 1.29 is 14.2 Å². The van der Waals surface area contributed by atoms with E-state index >= 15 is 0 Å². The van der Waals surface area contributed by atoms with Crippen LogP contribution < -0.4 is 10.1 Å². The van der Waals surface area contributed by atoms with E-state index in [1.165, 1.54) is 13.2 Å². The molecule has 16 heavy (non-hydrogen) atoms. The summed E-state index contributed by atoms with van der Waals surface area (Å²) in [6.45, 7) is 1.28. The molecule has 1 aliphatic heterocycles. The number of hydrogen-bond acceptors (Lipinski definition) is 3. The molecule has 3 nitrogen and oxygen atoms in total. The molecular formula is C12H16FNO2. The molecular weight excluding hydrogens is 209 g/mol. The van der Waals surface area contributed by atoms with Crippen molar-refractivity contribution >= 4 is 0 Å². The van der Waals surface area contributed by atoms with Crippen LogP contribution in [-0.4, -0.2) is 30.9 Å². The summed E-state index contributed by atoms with van der Waals surface area (Å²) in [6.07, 6.45) is 0.931. The molecule has 1 fully saturated rings. The van der Waals surface area contributed by atoms with Gasteiger partial charge in [0.1, 0.15) is 11.6 Å². The minimum Gasteiger partial charge on any atom is -0.496 e. The van der Waals surface area contributed by atoms with E-state index in [0.29, 0.717) is 24.3 Å². The molecule has 0 radical (unpaired) electrons. The number of β-amino-alcohol motifs (C(OH)–C–C–N with tert-alkyl or cyclic N) is 1. The Balaban J connectivity index is 2.26. The highest BCUT2D eigenvalue weighted by Crippen LogP contribution is 2.28. The zero-order valence-corrected chi connectivity index (χ0v) is 9.29. The van der Waals surface area contributed by atoms with Crippen molar-refractivity contribution in [3.63, 3.8) is 0 Å². The Morgan fingerprint density at radius 2 is 2.38 bits per heavy atom. The van der Waals surface area contributed by atoms with Gasteiger partial charge < -0.3 is 15.2 Å². The van der Waals surface area contributed by atoms with Gasteiger partial charge in [-0.2, -0.15) is 0 Å². The molecule has 4 heteroatoms. The third kappa shape index (κ3) is 2.18. The van der Waals surface area contributed by atoms with Gasteiger partial charge in [0.2, 0.25) is 0 Å². The lowest BCUT2D eigenvalue weighted by atomic mass is 9.93. The van der Waals surface area contributed by atoms with Gasteiger partial charge in [-0.1, -0.05) is 6.07 Å². The highest BCUT2D eigenvalue weighted by Gasteiger charge is 2.33. The van der Waals surface area contributed by atoms with Crippen molar-refractivity contribution in [2.45, 2.75) is 18.4 Å². The summed E-state index contributed by atoms with van der Waals surface area (Å²) >= 11 is 0. The van der Waals surface area contributed by atoms with Crippen molar-refractivity contribution in [3.05, 3.63) is 29.6 Å². The zero-order chi connectivity index (χ0) is 11.6. The summed E-state index contributed by atoms with van der Waals surface area (Å²) in [7, 11) is 1.51. The largest absolute Gasteiger partial charge is 0.496 e. The van der Waals surface area contributed by atoms with Crippen LogP contribution in [0, 0.1) is 5.82 Å². The number of aliphatic hydroxyl groups is 1. The highest BCUT2D eigenvalue weighted by atomic mass is 19.1. The standard InChI is InChI=1S/C12H16FNO2/c1-16-11-4-2-3-10(13)9(11)7-12(15)5-6-14-8-12/h2-4,14-15H,5-8H2,1H3. The van der Waals surface area contributed by atoms with Crippen LogP contribution in [0.15, 0.2) is 18.2 Å². The first kappa shape index (κ1) is 11.4. The summed E-state index contributed by atoms with van der Waals surface area (Å²) in [5, 5.41) is 13.3. The Labute approximate surface area is 94.2 Å². The molecule has 2 rings (SSSR count). The summed E-state index contributed by atoms with van der Waals surface area (Å²) < 4.78 is 18.8. The number of benzene rings is 1. The Kier molecular flexibility index (Phi) is 3.12. The first-order valence-corrected chi connectivity index (χ1v) is 5.39. The molecule has 1 saturated heterocycles. The number of nitrogens with one attached hydrogen (secondary N) is 1. The molecule has 1 unspecified atom stereocenters. The van der Waals surface area contributed by atoms with E-state index in [9.17, 15) is 9.50 Å². The topological polar surface area (TPSA) is 41.5 Å². The molecule has 1 aliphatic rings. The molecule has 0 amide bonds. The van der Waals surface area contributed by atoms with Gasteiger partial charge in [-0.15, -0.1) is 0 Å². The predicted octanol–water partition coefficient (Wildman–Crippen LogP) is 1.10. The van der Waals surface area contributed by atoms with E-state index in [-0.39, 0.29) is 12.2 Å². The number of ether oxygens (including phenoxy) is 1. The van der Waals surface area contributed by atoms with Crippen molar-refractivity contribution in [3.8, 4) is 5.75 Å². The highest BCUT2D eigenvalue weighted by molar-refractivity contribution is 5.36. The van der Waals surface area contributed by atoms with Gasteiger partial charge in [-0.3, -0.25) is 0 Å². The molecule has 1 aromatic carbocycles. The molecule has 0 aromatic heterocycles. The molecule has 88 valence electrons. The van der Waals surface area contributed by atoms with Crippen molar-refractivity contribution in [1.29, 1.82) is 0 Å². The average Bonchev–Trinajstić information content (AvgIpc) is 2.68. The van der Waals surface area contributed by atoms with E-state index in [1.54, 1.807) is 12.1 Å². The van der Waals surface area contributed by atoms with Crippen molar-refractivity contribution in [2.24, 2.45) is 0 Å². The summed E-state index contributed by atoms with van der Waals surface area (Å²) in [6, 6.07) is 4.71. The van der Waals surface area contributed by atoms with Crippen LogP contribution in [0.2, 0.25) is 0 Å². The van der Waals surface area contributed by atoms with Crippen molar-refractivity contribution in [2.75, 3.05) is 20.2 Å². The first-order valence-electron chi connectivity index (χ1n) is 5.39. The second kappa shape index (κ2) is 4.39. The molecule has 0 bridgehead atoms. The van der Waals surface area contributed by atoms with Gasteiger partial charge in [0.15, 0.2) is 0 Å². The smallest absolute Gasteiger partial charge is 0.130 e. The molecule has 2 N–H and O–H groups in total. The van der Waals surface area contributed by atoms with Gasteiger partial charge in [0.25, 0.3) is 0 Å². The lowest BCUT2D eigenvalue weighted by Gasteiger charge is -2.22. The van der Waals surface area contributed by atoms with E-state index in [0.717, 1.165) is 6.54 Å². The average molecular weight is 225 g/mol. The minimum absolute atomic E-state index is 0.288. The van der Waals surface area contributed by atoms with E-state index in [1.807, 2.05) is 0 Å². The minimum atomic E-state index is -0.852. The second-order valence-electron chi connectivity index (χ2n) is 4.25. The third-order valence-corrected chi connectivity index (χ3v) is 3.02. The third-order valence-electron chi connectivity index (χ3n) is 3.02. The predicted molar refractivity (Wildman–Crippen MR) is 59.1 cm³/mol. The first-order chi connectivity index (χ1) is 7.64. The Morgan fingerprint density at radius 3 is 3.00 bits per heavy atom. The Morgan fingerprint density at radius 1 is 1.56 bits per heavy atom. The Hall–Kier alpha value is -1.13. The van der Waals surface area contributed by atoms with Crippen LogP contribution in [-0.2, 0) is 6.42 Å². The van der Waals surface area contributed by atoms with Crippen LogP contribution in [0.25, 0.3) is 0 Å². The summed E-state index contributed by atoms with van der Waals surface area (Å²) in [5.74, 6) is 0.181. The fourth-order valence-electron chi connectivity index (χ4n) is 2.11. The van der Waals surface area contributed by atoms with E-state index < -0.39 is 5.60 Å².